The molecule has 1 saturated heterocycles. The van der Waals surface area contributed by atoms with Gasteiger partial charge in [0.05, 0.1) is 11.7 Å². The lowest BCUT2D eigenvalue weighted by molar-refractivity contribution is -0.127. The highest BCUT2D eigenvalue weighted by molar-refractivity contribution is 6.07. The minimum atomic E-state index is -0.126. The Labute approximate surface area is 170 Å². The van der Waals surface area contributed by atoms with Crippen LogP contribution < -0.4 is 5.32 Å². The standard InChI is InChI=1S/C24H25N3O2/c1-17(22-11-4-5-14-25-22)26-23(28)19-12-15-27(16-13-19)24(29)21-10-6-8-18-7-2-3-9-20(18)21/h2-11,14,17,19H,12-13,15-16H2,1H3,(H,26,28). The van der Waals surface area contributed by atoms with Gasteiger partial charge in [-0.15, -0.1) is 0 Å². The second kappa shape index (κ2) is 8.43. The molecule has 4 rings (SSSR count). The maximum Gasteiger partial charge on any atom is 0.254 e. The molecule has 0 saturated carbocycles. The molecule has 1 unspecified atom stereocenters. The van der Waals surface area contributed by atoms with E-state index in [-0.39, 0.29) is 23.8 Å². The monoisotopic (exact) mass is 387 g/mol. The van der Waals surface area contributed by atoms with Crippen LogP contribution in [0.4, 0.5) is 0 Å². The molecule has 0 radical (unpaired) electrons. The van der Waals surface area contributed by atoms with E-state index in [0.717, 1.165) is 22.0 Å². The zero-order valence-electron chi connectivity index (χ0n) is 16.5. The van der Waals surface area contributed by atoms with Crippen molar-refractivity contribution >= 4 is 22.6 Å². The summed E-state index contributed by atoms with van der Waals surface area (Å²) in [6, 6.07) is 19.3. The van der Waals surface area contributed by atoms with Crippen molar-refractivity contribution < 1.29 is 9.59 Å². The van der Waals surface area contributed by atoms with Gasteiger partial charge in [0.1, 0.15) is 0 Å². The van der Waals surface area contributed by atoms with Crippen molar-refractivity contribution in [2.24, 2.45) is 5.92 Å². The minimum Gasteiger partial charge on any atom is -0.348 e. The number of pyridine rings is 1. The molecule has 0 aliphatic carbocycles. The van der Waals surface area contributed by atoms with Gasteiger partial charge in [0.2, 0.25) is 5.91 Å². The predicted molar refractivity (Wildman–Crippen MR) is 113 cm³/mol. The summed E-state index contributed by atoms with van der Waals surface area (Å²) in [6.07, 6.45) is 3.09. The summed E-state index contributed by atoms with van der Waals surface area (Å²) in [4.78, 5) is 31.9. The molecule has 1 atom stereocenters. The highest BCUT2D eigenvalue weighted by Crippen LogP contribution is 2.24. The van der Waals surface area contributed by atoms with Gasteiger partial charge in [0.25, 0.3) is 5.91 Å². The second-order valence-electron chi connectivity index (χ2n) is 7.58. The smallest absolute Gasteiger partial charge is 0.254 e. The van der Waals surface area contributed by atoms with Gasteiger partial charge in [-0.05, 0) is 48.7 Å². The van der Waals surface area contributed by atoms with E-state index in [1.807, 2.05) is 72.5 Å². The third-order valence-corrected chi connectivity index (χ3v) is 5.66. The number of rotatable bonds is 4. The maximum absolute atomic E-state index is 13.1. The Morgan fingerprint density at radius 1 is 1.00 bits per heavy atom. The van der Waals surface area contributed by atoms with Crippen LogP contribution in [0.3, 0.4) is 0 Å². The topological polar surface area (TPSA) is 62.3 Å². The largest absolute Gasteiger partial charge is 0.348 e. The van der Waals surface area contributed by atoms with Crippen molar-refractivity contribution in [1.29, 1.82) is 0 Å². The first-order valence-electron chi connectivity index (χ1n) is 10.1. The molecule has 5 heteroatoms. The number of fused-ring (bicyclic) bond motifs is 1. The molecule has 2 aromatic carbocycles. The van der Waals surface area contributed by atoms with Gasteiger partial charge in [-0.2, -0.15) is 0 Å². The summed E-state index contributed by atoms with van der Waals surface area (Å²) in [5.41, 5.74) is 1.58. The molecule has 1 aromatic heterocycles. The van der Waals surface area contributed by atoms with Crippen molar-refractivity contribution in [2.75, 3.05) is 13.1 Å². The lowest BCUT2D eigenvalue weighted by Crippen LogP contribution is -2.43. The number of piperidine rings is 1. The fourth-order valence-corrected chi connectivity index (χ4v) is 3.96. The van der Waals surface area contributed by atoms with Crippen LogP contribution in [0.5, 0.6) is 0 Å². The Balaban J connectivity index is 1.37. The molecule has 148 valence electrons. The summed E-state index contributed by atoms with van der Waals surface area (Å²) in [5.74, 6) is 0.0145. The number of likely N-dealkylation sites (tertiary alicyclic amines) is 1. The normalized spacial score (nSPS) is 15.8. The minimum absolute atomic E-state index is 0.0420. The first kappa shape index (κ1) is 19.1. The van der Waals surface area contributed by atoms with E-state index >= 15 is 0 Å². The average Bonchev–Trinajstić information content (AvgIpc) is 2.79. The zero-order valence-corrected chi connectivity index (χ0v) is 16.5. The number of nitrogens with zero attached hydrogens (tertiary/aromatic N) is 2. The number of aromatic nitrogens is 1. The van der Waals surface area contributed by atoms with Gasteiger partial charge in [0, 0.05) is 30.8 Å². The Morgan fingerprint density at radius 3 is 2.48 bits per heavy atom. The molecule has 1 aliphatic rings. The Morgan fingerprint density at radius 2 is 1.72 bits per heavy atom. The lowest BCUT2D eigenvalue weighted by atomic mass is 9.94. The van der Waals surface area contributed by atoms with Crippen molar-refractivity contribution in [1.82, 2.24) is 15.2 Å². The number of hydrogen-bond donors (Lipinski definition) is 1. The van der Waals surface area contributed by atoms with E-state index in [4.69, 9.17) is 0 Å². The van der Waals surface area contributed by atoms with Crippen molar-refractivity contribution in [2.45, 2.75) is 25.8 Å². The molecule has 1 aliphatic heterocycles. The zero-order chi connectivity index (χ0) is 20.2. The van der Waals surface area contributed by atoms with Crippen LogP contribution in [0.2, 0.25) is 0 Å². The molecule has 3 aromatic rings. The highest BCUT2D eigenvalue weighted by Gasteiger charge is 2.29. The van der Waals surface area contributed by atoms with E-state index in [1.54, 1.807) is 6.20 Å². The summed E-state index contributed by atoms with van der Waals surface area (Å²) >= 11 is 0. The number of benzene rings is 2. The quantitative estimate of drug-likeness (QED) is 0.737. The van der Waals surface area contributed by atoms with Gasteiger partial charge in [0.15, 0.2) is 0 Å². The van der Waals surface area contributed by atoms with E-state index in [2.05, 4.69) is 10.3 Å². The number of carbonyl (C=O) groups excluding carboxylic acids is 2. The molecule has 2 heterocycles. The molecule has 0 bridgehead atoms. The molecular weight excluding hydrogens is 362 g/mol. The van der Waals surface area contributed by atoms with Crippen molar-refractivity contribution in [3.05, 3.63) is 78.1 Å². The molecule has 2 amide bonds. The number of carbonyl (C=O) groups is 2. The Hall–Kier alpha value is -3.21. The second-order valence-corrected chi connectivity index (χ2v) is 7.58. The molecular formula is C24H25N3O2. The van der Waals surface area contributed by atoms with E-state index < -0.39 is 0 Å². The highest BCUT2D eigenvalue weighted by atomic mass is 16.2. The van der Waals surface area contributed by atoms with Gasteiger partial charge in [-0.3, -0.25) is 14.6 Å². The third-order valence-electron chi connectivity index (χ3n) is 5.66. The maximum atomic E-state index is 13.1. The van der Waals surface area contributed by atoms with Crippen LogP contribution in [-0.2, 0) is 4.79 Å². The fraction of sp³-hybridized carbons (Fsp3) is 0.292. The van der Waals surface area contributed by atoms with Crippen LogP contribution >= 0.6 is 0 Å². The van der Waals surface area contributed by atoms with Crippen LogP contribution in [0.1, 0.15) is 41.9 Å². The van der Waals surface area contributed by atoms with Crippen LogP contribution in [0, 0.1) is 5.92 Å². The van der Waals surface area contributed by atoms with Crippen molar-refractivity contribution in [3.63, 3.8) is 0 Å². The molecule has 0 spiro atoms. The van der Waals surface area contributed by atoms with Crippen molar-refractivity contribution in [3.8, 4) is 0 Å². The molecule has 1 fully saturated rings. The van der Waals surface area contributed by atoms with E-state index in [9.17, 15) is 9.59 Å². The van der Waals surface area contributed by atoms with E-state index in [1.165, 1.54) is 0 Å². The summed E-state index contributed by atoms with van der Waals surface area (Å²) in [6.45, 7) is 3.13. The number of hydrogen-bond acceptors (Lipinski definition) is 3. The summed E-state index contributed by atoms with van der Waals surface area (Å²) < 4.78 is 0. The van der Waals surface area contributed by atoms with Crippen LogP contribution in [0.25, 0.3) is 10.8 Å². The fourth-order valence-electron chi connectivity index (χ4n) is 3.96. The molecule has 5 nitrogen and oxygen atoms in total. The van der Waals surface area contributed by atoms with E-state index in [0.29, 0.717) is 25.9 Å². The molecule has 1 N–H and O–H groups in total. The predicted octanol–water partition coefficient (Wildman–Crippen LogP) is 3.96. The SMILES string of the molecule is CC(NC(=O)C1CCN(C(=O)c2cccc3ccccc23)CC1)c1ccccn1. The Bertz CT molecular complexity index is 1010. The van der Waals surface area contributed by atoms with Crippen LogP contribution in [-0.4, -0.2) is 34.8 Å². The van der Waals surface area contributed by atoms with Crippen LogP contribution in [0.15, 0.2) is 66.9 Å². The first-order valence-corrected chi connectivity index (χ1v) is 10.1. The third kappa shape index (κ3) is 4.14. The Kier molecular flexibility index (Phi) is 5.56. The van der Waals surface area contributed by atoms with Gasteiger partial charge in [-0.25, -0.2) is 0 Å². The van der Waals surface area contributed by atoms with Gasteiger partial charge < -0.3 is 10.2 Å². The average molecular weight is 387 g/mol. The number of nitrogens with one attached hydrogen (secondary N) is 1. The number of amides is 2. The molecule has 29 heavy (non-hydrogen) atoms. The summed E-state index contributed by atoms with van der Waals surface area (Å²) in [7, 11) is 0. The first-order chi connectivity index (χ1) is 14.1. The van der Waals surface area contributed by atoms with Gasteiger partial charge in [-0.1, -0.05) is 42.5 Å². The lowest BCUT2D eigenvalue weighted by Gasteiger charge is -2.32. The summed E-state index contributed by atoms with van der Waals surface area (Å²) in [5, 5.41) is 5.10. The van der Waals surface area contributed by atoms with Gasteiger partial charge >= 0.3 is 0 Å².